The van der Waals surface area contributed by atoms with Gasteiger partial charge in [0.15, 0.2) is 6.23 Å². The van der Waals surface area contributed by atoms with Gasteiger partial charge in [0.2, 0.25) is 0 Å². The van der Waals surface area contributed by atoms with Crippen molar-refractivity contribution in [1.29, 1.82) is 0 Å². The lowest BCUT2D eigenvalue weighted by atomic mass is 10.1. The predicted molar refractivity (Wildman–Crippen MR) is 59.8 cm³/mol. The van der Waals surface area contributed by atoms with Gasteiger partial charge in [0.05, 0.1) is 11.3 Å². The number of aliphatic hydroxyl groups excluding tert-OH is 1. The summed E-state index contributed by atoms with van der Waals surface area (Å²) in [5, 5.41) is 10.4. The molecule has 0 aliphatic carbocycles. The molecule has 1 aliphatic heterocycles. The third-order valence-electron chi connectivity index (χ3n) is 2.39. The standard InChI is InChI=1S/C11H9ClF3NO2/c12-7-3-4-9(8(6-7)11(13,14)15)16-10(17)2-1-5-18-16/h1,3-6,10,17H,2H2. The number of hydroxylamine groups is 1. The molecule has 7 heteroatoms. The first-order valence-electron chi connectivity index (χ1n) is 5.05. The van der Waals surface area contributed by atoms with Crippen molar-refractivity contribution in [1.82, 2.24) is 0 Å². The summed E-state index contributed by atoms with van der Waals surface area (Å²) in [6, 6.07) is 3.26. The zero-order valence-electron chi connectivity index (χ0n) is 8.99. The highest BCUT2D eigenvalue weighted by molar-refractivity contribution is 6.30. The topological polar surface area (TPSA) is 32.7 Å². The van der Waals surface area contributed by atoms with Crippen molar-refractivity contribution in [2.24, 2.45) is 0 Å². The molecule has 0 saturated carbocycles. The first-order valence-corrected chi connectivity index (χ1v) is 5.43. The second-order valence-electron chi connectivity index (χ2n) is 3.68. The molecule has 1 N–H and O–H groups in total. The van der Waals surface area contributed by atoms with Gasteiger partial charge < -0.3 is 9.94 Å². The Morgan fingerprint density at radius 3 is 2.72 bits per heavy atom. The highest BCUT2D eigenvalue weighted by Crippen LogP contribution is 2.39. The van der Waals surface area contributed by atoms with E-state index in [1.54, 1.807) is 0 Å². The minimum Gasteiger partial charge on any atom is -0.385 e. The van der Waals surface area contributed by atoms with Crippen molar-refractivity contribution >= 4 is 17.3 Å². The maximum absolute atomic E-state index is 12.9. The van der Waals surface area contributed by atoms with Gasteiger partial charge in [0.1, 0.15) is 6.26 Å². The fraction of sp³-hybridized carbons (Fsp3) is 0.273. The van der Waals surface area contributed by atoms with Crippen LogP contribution in [0.4, 0.5) is 18.9 Å². The summed E-state index contributed by atoms with van der Waals surface area (Å²) >= 11 is 5.56. The van der Waals surface area contributed by atoms with E-state index in [1.165, 1.54) is 18.4 Å². The van der Waals surface area contributed by atoms with Crippen LogP contribution in [0, 0.1) is 0 Å². The van der Waals surface area contributed by atoms with E-state index < -0.39 is 18.0 Å². The highest BCUT2D eigenvalue weighted by Gasteiger charge is 2.37. The Morgan fingerprint density at radius 1 is 1.39 bits per heavy atom. The van der Waals surface area contributed by atoms with Crippen molar-refractivity contribution in [3.8, 4) is 0 Å². The molecule has 1 aromatic rings. The molecule has 3 nitrogen and oxygen atoms in total. The summed E-state index contributed by atoms with van der Waals surface area (Å²) in [6.07, 6.45) is -2.83. The van der Waals surface area contributed by atoms with Crippen LogP contribution in [-0.2, 0) is 11.0 Å². The largest absolute Gasteiger partial charge is 0.418 e. The second-order valence-corrected chi connectivity index (χ2v) is 4.11. The summed E-state index contributed by atoms with van der Waals surface area (Å²) in [4.78, 5) is 4.91. The van der Waals surface area contributed by atoms with E-state index in [4.69, 9.17) is 16.4 Å². The lowest BCUT2D eigenvalue weighted by Gasteiger charge is -2.31. The molecule has 0 radical (unpaired) electrons. The summed E-state index contributed by atoms with van der Waals surface area (Å²) in [6.45, 7) is 0. The fourth-order valence-electron chi connectivity index (χ4n) is 1.60. The SMILES string of the molecule is OC1CC=CON1c1ccc(Cl)cc1C(F)(F)F. The molecule has 1 aromatic carbocycles. The van der Waals surface area contributed by atoms with Gasteiger partial charge in [-0.2, -0.15) is 18.2 Å². The number of alkyl halides is 3. The molecule has 18 heavy (non-hydrogen) atoms. The monoisotopic (exact) mass is 279 g/mol. The van der Waals surface area contributed by atoms with Crippen LogP contribution in [0.1, 0.15) is 12.0 Å². The zero-order chi connectivity index (χ0) is 13.3. The van der Waals surface area contributed by atoms with Crippen LogP contribution in [0.25, 0.3) is 0 Å². The maximum atomic E-state index is 12.9. The molecule has 0 aromatic heterocycles. The number of rotatable bonds is 1. The number of hydrogen-bond acceptors (Lipinski definition) is 3. The molecule has 1 aliphatic rings. The van der Waals surface area contributed by atoms with E-state index in [-0.39, 0.29) is 17.1 Å². The highest BCUT2D eigenvalue weighted by atomic mass is 35.5. The normalized spacial score (nSPS) is 19.8. The lowest BCUT2D eigenvalue weighted by molar-refractivity contribution is -0.137. The fourth-order valence-corrected chi connectivity index (χ4v) is 1.77. The van der Waals surface area contributed by atoms with Crippen molar-refractivity contribution in [2.45, 2.75) is 18.8 Å². The van der Waals surface area contributed by atoms with Crippen LogP contribution < -0.4 is 5.06 Å². The third-order valence-corrected chi connectivity index (χ3v) is 2.62. The van der Waals surface area contributed by atoms with Crippen molar-refractivity contribution in [2.75, 3.05) is 5.06 Å². The van der Waals surface area contributed by atoms with Gasteiger partial charge in [-0.25, -0.2) is 0 Å². The quantitative estimate of drug-likeness (QED) is 0.856. The van der Waals surface area contributed by atoms with E-state index in [2.05, 4.69) is 0 Å². The number of benzene rings is 1. The molecular formula is C11H9ClF3NO2. The summed E-state index contributed by atoms with van der Waals surface area (Å²) in [7, 11) is 0. The van der Waals surface area contributed by atoms with Gasteiger partial charge in [-0.3, -0.25) is 0 Å². The van der Waals surface area contributed by atoms with Gasteiger partial charge >= 0.3 is 6.18 Å². The van der Waals surface area contributed by atoms with Crippen molar-refractivity contribution in [3.63, 3.8) is 0 Å². The van der Waals surface area contributed by atoms with Crippen LogP contribution in [0.3, 0.4) is 0 Å². The third kappa shape index (κ3) is 2.54. The van der Waals surface area contributed by atoms with E-state index >= 15 is 0 Å². The summed E-state index contributed by atoms with van der Waals surface area (Å²) in [5.41, 5.74) is -1.23. The van der Waals surface area contributed by atoms with E-state index in [0.717, 1.165) is 17.2 Å². The molecule has 98 valence electrons. The molecule has 0 bridgehead atoms. The van der Waals surface area contributed by atoms with Crippen LogP contribution in [-0.4, -0.2) is 11.3 Å². The molecular weight excluding hydrogens is 271 g/mol. The smallest absolute Gasteiger partial charge is 0.385 e. The molecule has 0 amide bonds. The molecule has 0 saturated heterocycles. The van der Waals surface area contributed by atoms with E-state index in [9.17, 15) is 18.3 Å². The summed E-state index contributed by atoms with van der Waals surface area (Å²) < 4.78 is 38.6. The van der Waals surface area contributed by atoms with Crippen LogP contribution in [0.15, 0.2) is 30.5 Å². The number of aliphatic hydroxyl groups is 1. The predicted octanol–water partition coefficient (Wildman–Crippen LogP) is 3.33. The number of halogens is 4. The van der Waals surface area contributed by atoms with Crippen LogP contribution in [0.5, 0.6) is 0 Å². The molecule has 1 unspecified atom stereocenters. The van der Waals surface area contributed by atoms with Crippen molar-refractivity contribution < 1.29 is 23.1 Å². The maximum Gasteiger partial charge on any atom is 0.418 e. The molecule has 0 spiro atoms. The zero-order valence-corrected chi connectivity index (χ0v) is 9.74. The second kappa shape index (κ2) is 4.70. The van der Waals surface area contributed by atoms with E-state index in [0.29, 0.717) is 0 Å². The van der Waals surface area contributed by atoms with Gasteiger partial charge in [-0.15, -0.1) is 0 Å². The Labute approximate surface area is 106 Å². The van der Waals surface area contributed by atoms with Gasteiger partial charge in [-0.05, 0) is 24.3 Å². The van der Waals surface area contributed by atoms with Gasteiger partial charge in [0, 0.05) is 11.4 Å². The summed E-state index contributed by atoms with van der Waals surface area (Å²) in [5.74, 6) is 0. The van der Waals surface area contributed by atoms with Crippen LogP contribution >= 0.6 is 11.6 Å². The Balaban J connectivity index is 2.47. The Bertz CT molecular complexity index is 476. The van der Waals surface area contributed by atoms with Crippen molar-refractivity contribution in [3.05, 3.63) is 41.1 Å². The first-order chi connectivity index (χ1) is 8.39. The molecule has 2 rings (SSSR count). The van der Waals surface area contributed by atoms with E-state index in [1.807, 2.05) is 0 Å². The Morgan fingerprint density at radius 2 is 2.11 bits per heavy atom. The Kier molecular flexibility index (Phi) is 3.41. The van der Waals surface area contributed by atoms with Gasteiger partial charge in [-0.1, -0.05) is 11.6 Å². The molecule has 0 fully saturated rings. The Hall–Kier alpha value is -1.40. The minimum absolute atomic E-state index is 0.0342. The van der Waals surface area contributed by atoms with Crippen LogP contribution in [0.2, 0.25) is 5.02 Å². The molecule has 1 atom stereocenters. The first kappa shape index (κ1) is 13.0. The minimum atomic E-state index is -4.58. The number of anilines is 1. The number of hydrogen-bond donors (Lipinski definition) is 1. The number of nitrogens with zero attached hydrogens (tertiary/aromatic N) is 1. The average molecular weight is 280 g/mol. The lowest BCUT2D eigenvalue weighted by Crippen LogP contribution is -2.37. The average Bonchev–Trinajstić information content (AvgIpc) is 2.29. The molecule has 1 heterocycles. The van der Waals surface area contributed by atoms with Gasteiger partial charge in [0.25, 0.3) is 0 Å².